The summed E-state index contributed by atoms with van der Waals surface area (Å²) in [5.74, 6) is 0.416. The number of rotatable bonds is 5. The number of ketones is 1. The van der Waals surface area contributed by atoms with E-state index in [4.69, 9.17) is 0 Å². The molecule has 0 spiro atoms. The molecular weight excluding hydrogens is 282 g/mol. The summed E-state index contributed by atoms with van der Waals surface area (Å²) in [6, 6.07) is 21.9. The lowest BCUT2D eigenvalue weighted by Gasteiger charge is -2.38. The standard InChI is InChI=1S/C21H25NO/c1-17(19-11-6-3-7-12-19)22(16-18-9-4-2-5-10-18)20-13-8-14-21(23)15-20/h2-7,9-12,17,20H,8,13-16H2,1H3. The number of carbonyl (C=O) groups excluding carboxylic acids is 1. The Bertz CT molecular complexity index is 623. The van der Waals surface area contributed by atoms with Gasteiger partial charge in [-0.3, -0.25) is 9.69 Å². The second-order valence-corrected chi connectivity index (χ2v) is 6.53. The van der Waals surface area contributed by atoms with Gasteiger partial charge in [0.2, 0.25) is 0 Å². The van der Waals surface area contributed by atoms with Crippen LogP contribution in [0.15, 0.2) is 60.7 Å². The highest BCUT2D eigenvalue weighted by atomic mass is 16.1. The first-order valence-electron chi connectivity index (χ1n) is 8.60. The summed E-state index contributed by atoms with van der Waals surface area (Å²) in [5.41, 5.74) is 2.63. The van der Waals surface area contributed by atoms with Crippen molar-refractivity contribution in [2.75, 3.05) is 0 Å². The third-order valence-corrected chi connectivity index (χ3v) is 4.91. The van der Waals surface area contributed by atoms with Gasteiger partial charge in [0.05, 0.1) is 0 Å². The Kier molecular flexibility index (Phi) is 5.24. The SMILES string of the molecule is CC(c1ccccc1)N(Cc1ccccc1)C1CCCC(=O)C1. The van der Waals surface area contributed by atoms with E-state index in [9.17, 15) is 4.79 Å². The number of carbonyl (C=O) groups is 1. The number of Topliss-reactive ketones (excluding diaryl/α,β-unsaturated/α-hetero) is 1. The predicted molar refractivity (Wildman–Crippen MR) is 94.1 cm³/mol. The first-order chi connectivity index (χ1) is 11.2. The Hall–Kier alpha value is -1.93. The van der Waals surface area contributed by atoms with Gasteiger partial charge in [-0.2, -0.15) is 0 Å². The minimum Gasteiger partial charge on any atom is -0.300 e. The van der Waals surface area contributed by atoms with Gasteiger partial charge < -0.3 is 0 Å². The molecule has 120 valence electrons. The van der Waals surface area contributed by atoms with Crippen LogP contribution in [0, 0.1) is 0 Å². The Balaban J connectivity index is 1.84. The summed E-state index contributed by atoms with van der Waals surface area (Å²) < 4.78 is 0. The number of hydrogen-bond acceptors (Lipinski definition) is 2. The molecule has 0 bridgehead atoms. The average Bonchev–Trinajstić information content (AvgIpc) is 2.61. The molecule has 0 heterocycles. The van der Waals surface area contributed by atoms with E-state index in [2.05, 4.69) is 72.5 Å². The van der Waals surface area contributed by atoms with Crippen molar-refractivity contribution in [1.29, 1.82) is 0 Å². The maximum atomic E-state index is 12.0. The molecule has 0 aliphatic heterocycles. The molecule has 1 aliphatic rings. The molecule has 3 rings (SSSR count). The zero-order chi connectivity index (χ0) is 16.1. The first kappa shape index (κ1) is 15.9. The van der Waals surface area contributed by atoms with Gasteiger partial charge in [0.1, 0.15) is 5.78 Å². The monoisotopic (exact) mass is 307 g/mol. The molecule has 0 N–H and O–H groups in total. The molecule has 2 heteroatoms. The van der Waals surface area contributed by atoms with Crippen LogP contribution in [0.2, 0.25) is 0 Å². The summed E-state index contributed by atoms with van der Waals surface area (Å²) in [6.07, 6.45) is 3.60. The largest absolute Gasteiger partial charge is 0.300 e. The lowest BCUT2D eigenvalue weighted by atomic mass is 9.91. The fourth-order valence-electron chi connectivity index (χ4n) is 3.58. The second kappa shape index (κ2) is 7.56. The Morgan fingerprint density at radius 1 is 1.04 bits per heavy atom. The average molecular weight is 307 g/mol. The van der Waals surface area contributed by atoms with Crippen LogP contribution in [0.25, 0.3) is 0 Å². The molecule has 0 amide bonds. The van der Waals surface area contributed by atoms with Crippen molar-refractivity contribution in [3.8, 4) is 0 Å². The second-order valence-electron chi connectivity index (χ2n) is 6.53. The summed E-state index contributed by atoms with van der Waals surface area (Å²) in [4.78, 5) is 14.5. The van der Waals surface area contributed by atoms with Crippen LogP contribution < -0.4 is 0 Å². The van der Waals surface area contributed by atoms with Crippen molar-refractivity contribution >= 4 is 5.78 Å². The van der Waals surface area contributed by atoms with E-state index in [1.165, 1.54) is 11.1 Å². The topological polar surface area (TPSA) is 20.3 Å². The van der Waals surface area contributed by atoms with Gasteiger partial charge in [0, 0.05) is 31.5 Å². The minimum atomic E-state index is 0.312. The summed E-state index contributed by atoms with van der Waals surface area (Å²) in [7, 11) is 0. The smallest absolute Gasteiger partial charge is 0.134 e. The van der Waals surface area contributed by atoms with E-state index in [-0.39, 0.29) is 0 Å². The van der Waals surface area contributed by atoms with E-state index in [0.717, 1.165) is 25.8 Å². The van der Waals surface area contributed by atoms with Crippen LogP contribution in [0.3, 0.4) is 0 Å². The third-order valence-electron chi connectivity index (χ3n) is 4.91. The maximum Gasteiger partial charge on any atom is 0.134 e. The quantitative estimate of drug-likeness (QED) is 0.793. The molecule has 2 nitrogen and oxygen atoms in total. The Labute approximate surface area is 139 Å². The van der Waals surface area contributed by atoms with Crippen molar-refractivity contribution in [3.05, 3.63) is 71.8 Å². The van der Waals surface area contributed by atoms with E-state index in [0.29, 0.717) is 24.3 Å². The van der Waals surface area contributed by atoms with Crippen LogP contribution in [-0.4, -0.2) is 16.7 Å². The Morgan fingerprint density at radius 2 is 1.70 bits per heavy atom. The first-order valence-corrected chi connectivity index (χ1v) is 8.60. The van der Waals surface area contributed by atoms with Crippen molar-refractivity contribution in [2.24, 2.45) is 0 Å². The fourth-order valence-corrected chi connectivity index (χ4v) is 3.58. The van der Waals surface area contributed by atoms with Crippen LogP contribution in [0.4, 0.5) is 0 Å². The molecule has 2 aromatic rings. The van der Waals surface area contributed by atoms with Crippen LogP contribution >= 0.6 is 0 Å². The molecule has 0 aromatic heterocycles. The zero-order valence-corrected chi connectivity index (χ0v) is 13.8. The fraction of sp³-hybridized carbons (Fsp3) is 0.381. The summed E-state index contributed by atoms with van der Waals surface area (Å²) in [5, 5.41) is 0. The minimum absolute atomic E-state index is 0.312. The highest BCUT2D eigenvalue weighted by Gasteiger charge is 2.29. The number of nitrogens with zero attached hydrogens (tertiary/aromatic N) is 1. The van der Waals surface area contributed by atoms with Crippen LogP contribution in [0.1, 0.15) is 49.8 Å². The van der Waals surface area contributed by atoms with Crippen molar-refractivity contribution in [2.45, 2.75) is 51.2 Å². The predicted octanol–water partition coefficient (Wildman–Crippen LogP) is 4.76. The van der Waals surface area contributed by atoms with Crippen LogP contribution in [-0.2, 0) is 11.3 Å². The maximum absolute atomic E-state index is 12.0. The van der Waals surface area contributed by atoms with Crippen LogP contribution in [0.5, 0.6) is 0 Å². The van der Waals surface area contributed by atoms with Gasteiger partial charge in [-0.05, 0) is 30.9 Å². The summed E-state index contributed by atoms with van der Waals surface area (Å²) in [6.45, 7) is 3.16. The lowest BCUT2D eigenvalue weighted by molar-refractivity contribution is -0.122. The molecule has 2 atom stereocenters. The molecule has 23 heavy (non-hydrogen) atoms. The van der Waals surface area contributed by atoms with Gasteiger partial charge >= 0.3 is 0 Å². The normalized spacial score (nSPS) is 19.7. The highest BCUT2D eigenvalue weighted by Crippen LogP contribution is 2.30. The molecule has 2 aromatic carbocycles. The van der Waals surface area contributed by atoms with Gasteiger partial charge in [-0.15, -0.1) is 0 Å². The van der Waals surface area contributed by atoms with E-state index in [1.54, 1.807) is 0 Å². The number of hydrogen-bond donors (Lipinski definition) is 0. The highest BCUT2D eigenvalue weighted by molar-refractivity contribution is 5.79. The molecule has 1 fully saturated rings. The Morgan fingerprint density at radius 3 is 2.35 bits per heavy atom. The third kappa shape index (κ3) is 4.08. The zero-order valence-electron chi connectivity index (χ0n) is 13.8. The van der Waals surface area contributed by atoms with Gasteiger partial charge in [-0.1, -0.05) is 60.7 Å². The van der Waals surface area contributed by atoms with E-state index >= 15 is 0 Å². The van der Waals surface area contributed by atoms with Gasteiger partial charge in [0.25, 0.3) is 0 Å². The van der Waals surface area contributed by atoms with Crippen molar-refractivity contribution < 1.29 is 4.79 Å². The van der Waals surface area contributed by atoms with Crippen molar-refractivity contribution in [1.82, 2.24) is 4.90 Å². The van der Waals surface area contributed by atoms with E-state index < -0.39 is 0 Å². The molecule has 1 saturated carbocycles. The molecule has 1 aliphatic carbocycles. The molecule has 0 saturated heterocycles. The van der Waals surface area contributed by atoms with Gasteiger partial charge in [0.15, 0.2) is 0 Å². The number of benzene rings is 2. The van der Waals surface area contributed by atoms with Crippen molar-refractivity contribution in [3.63, 3.8) is 0 Å². The molecule has 0 radical (unpaired) electrons. The molecule has 2 unspecified atom stereocenters. The lowest BCUT2D eigenvalue weighted by Crippen LogP contribution is -2.40. The molecular formula is C21H25NO. The van der Waals surface area contributed by atoms with Gasteiger partial charge in [-0.25, -0.2) is 0 Å². The summed E-state index contributed by atoms with van der Waals surface area (Å²) >= 11 is 0. The van der Waals surface area contributed by atoms with E-state index in [1.807, 2.05) is 0 Å².